The molecule has 0 aliphatic carbocycles. The molecule has 2 aromatic rings. The topological polar surface area (TPSA) is 81.7 Å². The summed E-state index contributed by atoms with van der Waals surface area (Å²) in [6.45, 7) is 0. The Labute approximate surface area is 99.9 Å². The molecule has 3 N–H and O–H groups in total. The number of nitrogens with one attached hydrogen (secondary N) is 1. The van der Waals surface area contributed by atoms with Crippen molar-refractivity contribution in [3.05, 3.63) is 42.2 Å². The maximum Gasteiger partial charge on any atom is 0.138 e. The first kappa shape index (κ1) is 11.7. The molecule has 0 saturated carbocycles. The average Bonchev–Trinajstić information content (AvgIpc) is 2.75. The van der Waals surface area contributed by atoms with Crippen LogP contribution in [0, 0.1) is 0 Å². The quantitative estimate of drug-likeness (QED) is 0.552. The van der Waals surface area contributed by atoms with E-state index in [1.807, 2.05) is 19.2 Å². The lowest BCUT2D eigenvalue weighted by molar-refractivity contribution is 0.499. The van der Waals surface area contributed by atoms with Gasteiger partial charge in [-0.2, -0.15) is 5.10 Å². The molecular formula is C11H16N6. The van der Waals surface area contributed by atoms with Crippen LogP contribution in [0.4, 0.5) is 0 Å². The van der Waals surface area contributed by atoms with Crippen LogP contribution in [0.2, 0.25) is 0 Å². The fraction of sp³-hybridized carbons (Fsp3) is 0.364. The summed E-state index contributed by atoms with van der Waals surface area (Å²) in [5.41, 5.74) is 4.01. The average molecular weight is 232 g/mol. The summed E-state index contributed by atoms with van der Waals surface area (Å²) in [5.74, 6) is 6.48. The fourth-order valence-corrected chi connectivity index (χ4v) is 1.72. The monoisotopic (exact) mass is 232 g/mol. The van der Waals surface area contributed by atoms with Gasteiger partial charge in [0, 0.05) is 31.9 Å². The Morgan fingerprint density at radius 3 is 2.71 bits per heavy atom. The smallest absolute Gasteiger partial charge is 0.138 e. The van der Waals surface area contributed by atoms with E-state index in [-0.39, 0.29) is 6.04 Å². The molecule has 0 radical (unpaired) electrons. The molecule has 6 nitrogen and oxygen atoms in total. The Hall–Kier alpha value is -1.79. The van der Waals surface area contributed by atoms with Gasteiger partial charge in [-0.05, 0) is 24.1 Å². The van der Waals surface area contributed by atoms with Gasteiger partial charge < -0.3 is 0 Å². The maximum absolute atomic E-state index is 5.56. The summed E-state index contributed by atoms with van der Waals surface area (Å²) in [4.78, 5) is 8.18. The molecule has 17 heavy (non-hydrogen) atoms. The number of aromatic nitrogens is 4. The SMILES string of the molecule is Cn1ncnc1CC(Cc1ccncc1)NN. The highest BCUT2D eigenvalue weighted by Crippen LogP contribution is 2.05. The predicted molar refractivity (Wildman–Crippen MR) is 63.8 cm³/mol. The van der Waals surface area contributed by atoms with Crippen molar-refractivity contribution in [2.75, 3.05) is 0 Å². The third-order valence-corrected chi connectivity index (χ3v) is 2.70. The molecule has 1 atom stereocenters. The molecule has 0 amide bonds. The van der Waals surface area contributed by atoms with Crippen LogP contribution in [0.5, 0.6) is 0 Å². The van der Waals surface area contributed by atoms with Crippen molar-refractivity contribution in [1.82, 2.24) is 25.2 Å². The molecule has 2 heterocycles. The summed E-state index contributed by atoms with van der Waals surface area (Å²) in [5, 5.41) is 4.04. The number of aryl methyl sites for hydroxylation is 1. The Morgan fingerprint density at radius 1 is 1.35 bits per heavy atom. The first-order valence-corrected chi connectivity index (χ1v) is 5.47. The van der Waals surface area contributed by atoms with Crippen molar-refractivity contribution in [3.63, 3.8) is 0 Å². The molecular weight excluding hydrogens is 216 g/mol. The number of hydrogen-bond acceptors (Lipinski definition) is 5. The van der Waals surface area contributed by atoms with Crippen LogP contribution < -0.4 is 11.3 Å². The molecule has 6 heteroatoms. The number of rotatable bonds is 5. The Balaban J connectivity index is 2.00. The second-order valence-electron chi connectivity index (χ2n) is 3.93. The van der Waals surface area contributed by atoms with E-state index in [4.69, 9.17) is 5.84 Å². The van der Waals surface area contributed by atoms with Crippen molar-refractivity contribution in [2.45, 2.75) is 18.9 Å². The van der Waals surface area contributed by atoms with Crippen LogP contribution in [0.15, 0.2) is 30.9 Å². The van der Waals surface area contributed by atoms with E-state index in [1.165, 1.54) is 5.56 Å². The standard InChI is InChI=1S/C11H16N6/c1-17-11(14-8-15-17)7-10(16-12)6-9-2-4-13-5-3-9/h2-5,8,10,16H,6-7,12H2,1H3. The Kier molecular flexibility index (Phi) is 3.79. The molecule has 0 fully saturated rings. The number of pyridine rings is 1. The molecule has 90 valence electrons. The van der Waals surface area contributed by atoms with Gasteiger partial charge in [-0.1, -0.05) is 0 Å². The molecule has 0 aliphatic rings. The molecule has 0 aliphatic heterocycles. The zero-order valence-electron chi connectivity index (χ0n) is 9.74. The van der Waals surface area contributed by atoms with Crippen LogP contribution in [-0.4, -0.2) is 25.8 Å². The van der Waals surface area contributed by atoms with E-state index in [1.54, 1.807) is 23.4 Å². The minimum absolute atomic E-state index is 0.139. The maximum atomic E-state index is 5.56. The number of hydrogen-bond donors (Lipinski definition) is 2. The van der Waals surface area contributed by atoms with Gasteiger partial charge in [0.15, 0.2) is 0 Å². The largest absolute Gasteiger partial charge is 0.271 e. The van der Waals surface area contributed by atoms with Crippen LogP contribution in [0.25, 0.3) is 0 Å². The van der Waals surface area contributed by atoms with Crippen LogP contribution in [0.1, 0.15) is 11.4 Å². The Morgan fingerprint density at radius 2 is 2.12 bits per heavy atom. The second kappa shape index (κ2) is 5.51. The minimum Gasteiger partial charge on any atom is -0.271 e. The lowest BCUT2D eigenvalue weighted by Gasteiger charge is -2.15. The summed E-state index contributed by atoms with van der Waals surface area (Å²) < 4.78 is 1.76. The van der Waals surface area contributed by atoms with Gasteiger partial charge in [0.25, 0.3) is 0 Å². The normalized spacial score (nSPS) is 12.6. The highest BCUT2D eigenvalue weighted by Gasteiger charge is 2.11. The highest BCUT2D eigenvalue weighted by atomic mass is 15.3. The van der Waals surface area contributed by atoms with Crippen molar-refractivity contribution in [2.24, 2.45) is 12.9 Å². The van der Waals surface area contributed by atoms with E-state index in [0.29, 0.717) is 0 Å². The highest BCUT2D eigenvalue weighted by molar-refractivity contribution is 5.11. The molecule has 0 aromatic carbocycles. The first-order chi connectivity index (χ1) is 8.29. The van der Waals surface area contributed by atoms with Gasteiger partial charge in [-0.25, -0.2) is 4.98 Å². The van der Waals surface area contributed by atoms with Crippen molar-refractivity contribution in [1.29, 1.82) is 0 Å². The fourth-order valence-electron chi connectivity index (χ4n) is 1.72. The third-order valence-electron chi connectivity index (χ3n) is 2.70. The lowest BCUT2D eigenvalue weighted by Crippen LogP contribution is -2.39. The summed E-state index contributed by atoms with van der Waals surface area (Å²) in [7, 11) is 1.88. The van der Waals surface area contributed by atoms with Crippen LogP contribution >= 0.6 is 0 Å². The van der Waals surface area contributed by atoms with E-state index >= 15 is 0 Å². The van der Waals surface area contributed by atoms with E-state index in [0.717, 1.165) is 18.7 Å². The summed E-state index contributed by atoms with van der Waals surface area (Å²) in [6, 6.07) is 4.11. The van der Waals surface area contributed by atoms with E-state index in [2.05, 4.69) is 20.5 Å². The van der Waals surface area contributed by atoms with Crippen molar-refractivity contribution >= 4 is 0 Å². The zero-order chi connectivity index (χ0) is 12.1. The van der Waals surface area contributed by atoms with Crippen LogP contribution in [0.3, 0.4) is 0 Å². The van der Waals surface area contributed by atoms with Gasteiger partial charge in [-0.3, -0.25) is 20.9 Å². The number of nitrogens with two attached hydrogens (primary N) is 1. The lowest BCUT2D eigenvalue weighted by atomic mass is 10.0. The molecule has 2 rings (SSSR count). The molecule has 2 aromatic heterocycles. The predicted octanol–water partition coefficient (Wildman–Crippen LogP) is -0.173. The minimum atomic E-state index is 0.139. The summed E-state index contributed by atoms with van der Waals surface area (Å²) in [6.07, 6.45) is 6.70. The molecule has 1 unspecified atom stereocenters. The first-order valence-electron chi connectivity index (χ1n) is 5.47. The van der Waals surface area contributed by atoms with E-state index in [9.17, 15) is 0 Å². The van der Waals surface area contributed by atoms with Gasteiger partial charge in [-0.15, -0.1) is 0 Å². The van der Waals surface area contributed by atoms with Crippen molar-refractivity contribution in [3.8, 4) is 0 Å². The van der Waals surface area contributed by atoms with Gasteiger partial charge in [0.05, 0.1) is 0 Å². The molecule has 0 saturated heterocycles. The van der Waals surface area contributed by atoms with Gasteiger partial charge in [0.1, 0.15) is 12.2 Å². The van der Waals surface area contributed by atoms with Gasteiger partial charge >= 0.3 is 0 Å². The Bertz CT molecular complexity index is 452. The third kappa shape index (κ3) is 3.08. The van der Waals surface area contributed by atoms with Crippen molar-refractivity contribution < 1.29 is 0 Å². The molecule has 0 spiro atoms. The van der Waals surface area contributed by atoms with E-state index < -0.39 is 0 Å². The number of nitrogens with zero attached hydrogens (tertiary/aromatic N) is 4. The summed E-state index contributed by atoms with van der Waals surface area (Å²) >= 11 is 0. The number of hydrazine groups is 1. The van der Waals surface area contributed by atoms with Crippen LogP contribution in [-0.2, 0) is 19.9 Å². The molecule has 0 bridgehead atoms. The zero-order valence-corrected chi connectivity index (χ0v) is 9.74. The second-order valence-corrected chi connectivity index (χ2v) is 3.93. The van der Waals surface area contributed by atoms with Gasteiger partial charge in [0.2, 0.25) is 0 Å².